The third-order valence-corrected chi connectivity index (χ3v) is 7.79. The molecule has 5 nitrogen and oxygen atoms in total. The highest BCUT2D eigenvalue weighted by Gasteiger charge is 2.43. The van der Waals surface area contributed by atoms with Crippen LogP contribution in [-0.2, 0) is 32.8 Å². The van der Waals surface area contributed by atoms with E-state index in [0.717, 1.165) is 0 Å². The van der Waals surface area contributed by atoms with Crippen LogP contribution in [0.25, 0.3) is 0 Å². The molecule has 0 bridgehead atoms. The molecule has 15 heteroatoms. The van der Waals surface area contributed by atoms with Crippen LogP contribution in [0.4, 0.5) is 39.5 Å². The molecule has 1 aromatic carbocycles. The zero-order chi connectivity index (χ0) is 27.8. The zero-order valence-corrected chi connectivity index (χ0v) is 20.1. The standard InChI is InChI=1S/C22H25F9O5S/c23-17-15(9-35-13-5-1-11(2-6-13)21(26,27)28)18(24)20(37(32,33)34)19(25)16(17)10-36-14-7-3-12(4-8-14)22(29,30)31/h11-14H,1-10H2,(H,32,33,34). The minimum atomic E-state index is -5.54. The van der Waals surface area contributed by atoms with Gasteiger partial charge in [-0.15, -0.1) is 0 Å². The van der Waals surface area contributed by atoms with E-state index in [9.17, 15) is 48.1 Å². The highest BCUT2D eigenvalue weighted by atomic mass is 32.2. The number of hydrogen-bond acceptors (Lipinski definition) is 4. The van der Waals surface area contributed by atoms with Gasteiger partial charge in [0.05, 0.1) is 48.4 Å². The summed E-state index contributed by atoms with van der Waals surface area (Å²) >= 11 is 0. The van der Waals surface area contributed by atoms with Crippen molar-refractivity contribution in [2.45, 2.75) is 94.0 Å². The number of halogens is 9. The fourth-order valence-corrected chi connectivity index (χ4v) is 5.44. The second-order valence-electron chi connectivity index (χ2n) is 9.36. The summed E-state index contributed by atoms with van der Waals surface area (Å²) in [5, 5.41) is 0. The molecule has 0 spiro atoms. The maximum absolute atomic E-state index is 15.1. The van der Waals surface area contributed by atoms with Gasteiger partial charge in [-0.25, -0.2) is 13.2 Å². The van der Waals surface area contributed by atoms with E-state index in [0.29, 0.717) is 0 Å². The first-order valence-electron chi connectivity index (χ1n) is 11.5. The Balaban J connectivity index is 1.75. The summed E-state index contributed by atoms with van der Waals surface area (Å²) in [5.74, 6) is -8.61. The third kappa shape index (κ3) is 7.30. The number of rotatable bonds is 7. The van der Waals surface area contributed by atoms with Gasteiger partial charge in [-0.3, -0.25) is 4.55 Å². The topological polar surface area (TPSA) is 72.8 Å². The van der Waals surface area contributed by atoms with E-state index in [2.05, 4.69) is 0 Å². The lowest BCUT2D eigenvalue weighted by atomic mass is 9.87. The maximum Gasteiger partial charge on any atom is 0.391 e. The summed E-state index contributed by atoms with van der Waals surface area (Å²) in [4.78, 5) is -1.85. The molecule has 2 saturated carbocycles. The Morgan fingerprint density at radius 3 is 1.24 bits per heavy atom. The van der Waals surface area contributed by atoms with Crippen molar-refractivity contribution in [3.05, 3.63) is 28.6 Å². The molecule has 0 amide bonds. The highest BCUT2D eigenvalue weighted by molar-refractivity contribution is 7.85. The lowest BCUT2D eigenvalue weighted by molar-refractivity contribution is -0.188. The van der Waals surface area contributed by atoms with Gasteiger partial charge < -0.3 is 9.47 Å². The van der Waals surface area contributed by atoms with Gasteiger partial charge in [0.25, 0.3) is 10.1 Å². The minimum absolute atomic E-state index is 0.0870. The summed E-state index contributed by atoms with van der Waals surface area (Å²) in [6.45, 7) is -1.93. The molecule has 2 fully saturated rings. The zero-order valence-electron chi connectivity index (χ0n) is 19.3. The van der Waals surface area contributed by atoms with E-state index in [1.54, 1.807) is 0 Å². The van der Waals surface area contributed by atoms with Crippen molar-refractivity contribution in [2.24, 2.45) is 11.8 Å². The molecule has 2 aliphatic rings. The normalized spacial score (nSPS) is 25.9. The Labute approximate surface area is 207 Å². The van der Waals surface area contributed by atoms with Crippen LogP contribution in [0.15, 0.2) is 4.90 Å². The maximum atomic E-state index is 15.1. The van der Waals surface area contributed by atoms with E-state index < -0.39 is 93.2 Å². The van der Waals surface area contributed by atoms with Crippen molar-refractivity contribution in [3.63, 3.8) is 0 Å². The highest BCUT2D eigenvalue weighted by Crippen LogP contribution is 2.40. The lowest BCUT2D eigenvalue weighted by Crippen LogP contribution is -2.31. The summed E-state index contributed by atoms with van der Waals surface area (Å²) in [5.41, 5.74) is -2.15. The molecule has 0 aromatic heterocycles. The molecule has 1 aromatic rings. The van der Waals surface area contributed by atoms with E-state index in [-0.39, 0.29) is 51.4 Å². The molecule has 37 heavy (non-hydrogen) atoms. The Morgan fingerprint density at radius 1 is 0.649 bits per heavy atom. The molecule has 0 heterocycles. The molecule has 212 valence electrons. The van der Waals surface area contributed by atoms with Gasteiger partial charge in [-0.1, -0.05) is 0 Å². The predicted molar refractivity (Wildman–Crippen MR) is 109 cm³/mol. The van der Waals surface area contributed by atoms with Crippen molar-refractivity contribution >= 4 is 10.1 Å². The molecule has 0 unspecified atom stereocenters. The van der Waals surface area contributed by atoms with Gasteiger partial charge in [0, 0.05) is 0 Å². The van der Waals surface area contributed by atoms with Crippen LogP contribution >= 0.6 is 0 Å². The van der Waals surface area contributed by atoms with Gasteiger partial charge in [0.1, 0.15) is 5.82 Å². The van der Waals surface area contributed by atoms with Crippen LogP contribution in [0.1, 0.15) is 62.5 Å². The van der Waals surface area contributed by atoms with Crippen LogP contribution in [0.2, 0.25) is 0 Å². The molecule has 3 rings (SSSR count). The first kappa shape index (κ1) is 30.0. The monoisotopic (exact) mass is 572 g/mol. The lowest BCUT2D eigenvalue weighted by Gasteiger charge is -2.30. The minimum Gasteiger partial charge on any atom is -0.373 e. The number of benzene rings is 1. The quantitative estimate of drug-likeness (QED) is 0.294. The van der Waals surface area contributed by atoms with Crippen LogP contribution in [0.3, 0.4) is 0 Å². The summed E-state index contributed by atoms with van der Waals surface area (Å²) < 4.78 is 165. The van der Waals surface area contributed by atoms with Crippen molar-refractivity contribution in [1.82, 2.24) is 0 Å². The van der Waals surface area contributed by atoms with Gasteiger partial charge in [0.15, 0.2) is 16.5 Å². The smallest absolute Gasteiger partial charge is 0.373 e. The number of hydrogen-bond donors (Lipinski definition) is 1. The second-order valence-corrected chi connectivity index (χ2v) is 10.7. The first-order chi connectivity index (χ1) is 17.0. The van der Waals surface area contributed by atoms with Crippen LogP contribution in [0.5, 0.6) is 0 Å². The molecule has 0 aliphatic heterocycles. The molecular formula is C22H25F9O5S. The van der Waals surface area contributed by atoms with Crippen molar-refractivity contribution in [1.29, 1.82) is 0 Å². The van der Waals surface area contributed by atoms with Gasteiger partial charge >= 0.3 is 12.4 Å². The van der Waals surface area contributed by atoms with Gasteiger partial charge in [0.2, 0.25) is 0 Å². The average molecular weight is 572 g/mol. The van der Waals surface area contributed by atoms with Crippen molar-refractivity contribution < 1.29 is 62.0 Å². The molecule has 0 saturated heterocycles. The summed E-state index contributed by atoms with van der Waals surface area (Å²) in [7, 11) is -5.54. The molecule has 0 radical (unpaired) electrons. The van der Waals surface area contributed by atoms with E-state index in [4.69, 9.17) is 9.47 Å². The van der Waals surface area contributed by atoms with E-state index in [1.807, 2.05) is 0 Å². The largest absolute Gasteiger partial charge is 0.391 e. The number of ether oxygens (including phenoxy) is 2. The van der Waals surface area contributed by atoms with Crippen LogP contribution in [0, 0.1) is 29.3 Å². The molecule has 1 N–H and O–H groups in total. The Hall–Kier alpha value is -1.58. The molecular weight excluding hydrogens is 547 g/mol. The SMILES string of the molecule is O=S(=O)(O)c1c(F)c(COC2CCC(C(F)(F)F)CC2)c(F)c(COC2CCC(C(F)(F)F)CC2)c1F. The first-order valence-corrected chi connectivity index (χ1v) is 13.0. The average Bonchev–Trinajstić information content (AvgIpc) is 2.77. The van der Waals surface area contributed by atoms with Crippen LogP contribution < -0.4 is 0 Å². The van der Waals surface area contributed by atoms with Crippen molar-refractivity contribution in [2.75, 3.05) is 0 Å². The summed E-state index contributed by atoms with van der Waals surface area (Å²) in [6, 6.07) is 0. The van der Waals surface area contributed by atoms with Crippen LogP contribution in [-0.4, -0.2) is 37.5 Å². The third-order valence-electron chi connectivity index (χ3n) is 6.92. The van der Waals surface area contributed by atoms with Crippen molar-refractivity contribution in [3.8, 4) is 0 Å². The predicted octanol–water partition coefficient (Wildman–Crippen LogP) is 6.63. The van der Waals surface area contributed by atoms with Gasteiger partial charge in [-0.2, -0.15) is 34.8 Å². The summed E-state index contributed by atoms with van der Waals surface area (Å²) in [6.07, 6.45) is -11.9. The second kappa shape index (κ2) is 11.3. The van der Waals surface area contributed by atoms with E-state index in [1.165, 1.54) is 0 Å². The Morgan fingerprint density at radius 2 is 0.973 bits per heavy atom. The molecule has 0 atom stereocenters. The Kier molecular flexibility index (Phi) is 9.12. The van der Waals surface area contributed by atoms with E-state index >= 15 is 4.39 Å². The number of alkyl halides is 6. The van der Waals surface area contributed by atoms with Gasteiger partial charge in [-0.05, 0) is 51.4 Å². The fraction of sp³-hybridized carbons (Fsp3) is 0.727. The molecule has 2 aliphatic carbocycles. The Bertz CT molecular complexity index is 991. The fourth-order valence-electron chi connectivity index (χ4n) is 4.74.